The minimum atomic E-state index is -0.612. The Morgan fingerprint density at radius 3 is 2.47 bits per heavy atom. The first-order valence-corrected chi connectivity index (χ1v) is 9.66. The smallest absolute Gasteiger partial charge is 0.260 e. The fraction of sp³-hybridized carbons (Fsp3) is 0.0870. The predicted octanol–water partition coefficient (Wildman–Crippen LogP) is 5.38. The minimum absolute atomic E-state index is 0.0709. The second-order valence-electron chi connectivity index (χ2n) is 6.89. The number of fused-ring (bicyclic) bond motifs is 1. The monoisotopic (exact) mass is 419 g/mol. The van der Waals surface area contributed by atoms with E-state index in [0.29, 0.717) is 11.6 Å². The standard InChI is InChI=1S/C23H18FN3O2S/c1-13-11-19-20(12-14(13)2)29-22(26-19)15-7-9-16(10-8-15)25-23(30)27-21(28)17-5-3-4-6-18(17)24/h3-12H,1-2H3,(H2,25,27,28,30). The summed E-state index contributed by atoms with van der Waals surface area (Å²) < 4.78 is 19.6. The topological polar surface area (TPSA) is 67.2 Å². The molecule has 5 nitrogen and oxygen atoms in total. The van der Waals surface area contributed by atoms with E-state index in [1.54, 1.807) is 18.2 Å². The van der Waals surface area contributed by atoms with Crippen molar-refractivity contribution in [1.29, 1.82) is 0 Å². The number of aryl methyl sites for hydroxylation is 2. The van der Waals surface area contributed by atoms with Gasteiger partial charge >= 0.3 is 0 Å². The molecule has 0 aliphatic rings. The second kappa shape index (κ2) is 8.04. The molecule has 1 heterocycles. The first-order chi connectivity index (χ1) is 14.4. The lowest BCUT2D eigenvalue weighted by atomic mass is 10.1. The number of anilines is 1. The number of carbonyl (C=O) groups is 1. The average Bonchev–Trinajstić information content (AvgIpc) is 3.11. The predicted molar refractivity (Wildman–Crippen MR) is 119 cm³/mol. The lowest BCUT2D eigenvalue weighted by Crippen LogP contribution is -2.34. The first kappa shape index (κ1) is 19.7. The van der Waals surface area contributed by atoms with Crippen molar-refractivity contribution in [2.24, 2.45) is 0 Å². The molecule has 4 aromatic rings. The molecule has 0 aliphatic heterocycles. The van der Waals surface area contributed by atoms with Crippen LogP contribution in [0.2, 0.25) is 0 Å². The van der Waals surface area contributed by atoms with E-state index >= 15 is 0 Å². The van der Waals surface area contributed by atoms with Crippen LogP contribution in [0.4, 0.5) is 10.1 Å². The van der Waals surface area contributed by atoms with Crippen LogP contribution in [0.5, 0.6) is 0 Å². The Morgan fingerprint density at radius 1 is 1.03 bits per heavy atom. The maximum atomic E-state index is 13.7. The van der Waals surface area contributed by atoms with E-state index in [9.17, 15) is 9.18 Å². The number of hydrogen-bond acceptors (Lipinski definition) is 4. The number of oxazole rings is 1. The molecule has 3 aromatic carbocycles. The molecule has 7 heteroatoms. The van der Waals surface area contributed by atoms with Crippen molar-refractivity contribution >= 4 is 40.0 Å². The van der Waals surface area contributed by atoms with Crippen LogP contribution in [0.1, 0.15) is 21.5 Å². The molecule has 0 aliphatic carbocycles. The van der Waals surface area contributed by atoms with Crippen LogP contribution < -0.4 is 10.6 Å². The minimum Gasteiger partial charge on any atom is -0.436 e. The molecular weight excluding hydrogens is 401 g/mol. The van der Waals surface area contributed by atoms with Gasteiger partial charge in [0.15, 0.2) is 10.7 Å². The number of carbonyl (C=O) groups excluding carboxylic acids is 1. The van der Waals surface area contributed by atoms with Gasteiger partial charge in [0.05, 0.1) is 5.56 Å². The molecule has 0 spiro atoms. The van der Waals surface area contributed by atoms with E-state index < -0.39 is 11.7 Å². The van der Waals surface area contributed by atoms with E-state index in [-0.39, 0.29) is 10.7 Å². The van der Waals surface area contributed by atoms with Crippen LogP contribution in [0.3, 0.4) is 0 Å². The normalized spacial score (nSPS) is 10.8. The zero-order valence-corrected chi connectivity index (χ0v) is 17.1. The van der Waals surface area contributed by atoms with Gasteiger partial charge in [0, 0.05) is 11.3 Å². The highest BCUT2D eigenvalue weighted by Crippen LogP contribution is 2.27. The maximum absolute atomic E-state index is 13.7. The van der Waals surface area contributed by atoms with Gasteiger partial charge < -0.3 is 9.73 Å². The third kappa shape index (κ3) is 4.06. The Labute approximate surface area is 177 Å². The van der Waals surface area contributed by atoms with Crippen LogP contribution in [0.25, 0.3) is 22.6 Å². The van der Waals surface area contributed by atoms with Crippen molar-refractivity contribution in [2.45, 2.75) is 13.8 Å². The van der Waals surface area contributed by atoms with Crippen LogP contribution >= 0.6 is 12.2 Å². The van der Waals surface area contributed by atoms with Crippen molar-refractivity contribution in [3.05, 3.63) is 83.2 Å². The second-order valence-corrected chi connectivity index (χ2v) is 7.30. The van der Waals surface area contributed by atoms with Gasteiger partial charge in [0.25, 0.3) is 5.91 Å². The number of thiocarbonyl (C=S) groups is 1. The van der Waals surface area contributed by atoms with E-state index in [2.05, 4.69) is 15.6 Å². The number of nitrogens with zero attached hydrogens (tertiary/aromatic N) is 1. The molecule has 0 saturated heterocycles. The zero-order chi connectivity index (χ0) is 21.3. The number of benzene rings is 3. The molecule has 1 amide bonds. The lowest BCUT2D eigenvalue weighted by molar-refractivity contribution is 0.0974. The molecule has 1 aromatic heterocycles. The van der Waals surface area contributed by atoms with Gasteiger partial charge in [-0.3, -0.25) is 10.1 Å². The average molecular weight is 419 g/mol. The van der Waals surface area contributed by atoms with Crippen molar-refractivity contribution in [1.82, 2.24) is 10.3 Å². The van der Waals surface area contributed by atoms with Crippen LogP contribution in [0, 0.1) is 19.7 Å². The lowest BCUT2D eigenvalue weighted by Gasteiger charge is -2.10. The molecule has 0 atom stereocenters. The Morgan fingerprint density at radius 2 is 1.73 bits per heavy atom. The number of rotatable bonds is 3. The molecule has 150 valence electrons. The Bertz CT molecular complexity index is 1230. The Balaban J connectivity index is 1.45. The quantitative estimate of drug-likeness (QED) is 0.437. The highest BCUT2D eigenvalue weighted by molar-refractivity contribution is 7.80. The van der Waals surface area contributed by atoms with E-state index in [4.69, 9.17) is 16.6 Å². The molecule has 0 fully saturated rings. The van der Waals surface area contributed by atoms with Crippen LogP contribution in [-0.2, 0) is 0 Å². The van der Waals surface area contributed by atoms with E-state index in [1.165, 1.54) is 18.2 Å². The summed E-state index contributed by atoms with van der Waals surface area (Å²) in [5, 5.41) is 5.45. The highest BCUT2D eigenvalue weighted by Gasteiger charge is 2.13. The van der Waals surface area contributed by atoms with Gasteiger partial charge in [0.2, 0.25) is 5.89 Å². The fourth-order valence-electron chi connectivity index (χ4n) is 2.98. The summed E-state index contributed by atoms with van der Waals surface area (Å²) in [6.07, 6.45) is 0. The van der Waals surface area contributed by atoms with Gasteiger partial charge in [-0.1, -0.05) is 12.1 Å². The molecule has 0 bridgehead atoms. The third-order valence-electron chi connectivity index (χ3n) is 4.74. The fourth-order valence-corrected chi connectivity index (χ4v) is 3.19. The Kier molecular flexibility index (Phi) is 5.29. The number of nitrogens with one attached hydrogen (secondary N) is 2. The van der Waals surface area contributed by atoms with Gasteiger partial charge in [-0.25, -0.2) is 9.37 Å². The summed E-state index contributed by atoms with van der Waals surface area (Å²) in [6, 6.07) is 17.0. The summed E-state index contributed by atoms with van der Waals surface area (Å²) in [5.41, 5.74) is 5.27. The SMILES string of the molecule is Cc1cc2nc(-c3ccc(NC(=S)NC(=O)c4ccccc4F)cc3)oc2cc1C. The highest BCUT2D eigenvalue weighted by atomic mass is 32.1. The van der Waals surface area contributed by atoms with Crippen molar-refractivity contribution in [3.8, 4) is 11.5 Å². The van der Waals surface area contributed by atoms with Crippen LogP contribution in [-0.4, -0.2) is 16.0 Å². The summed E-state index contributed by atoms with van der Waals surface area (Å²) in [4.78, 5) is 16.7. The van der Waals surface area contributed by atoms with Crippen LogP contribution in [0.15, 0.2) is 65.1 Å². The molecule has 0 saturated carbocycles. The zero-order valence-electron chi connectivity index (χ0n) is 16.3. The molecular formula is C23H18FN3O2S. The number of amides is 1. The van der Waals surface area contributed by atoms with E-state index in [1.807, 2.05) is 38.1 Å². The summed E-state index contributed by atoms with van der Waals surface area (Å²) >= 11 is 5.15. The third-order valence-corrected chi connectivity index (χ3v) is 4.94. The number of aromatic nitrogens is 1. The molecule has 0 unspecified atom stereocenters. The molecule has 30 heavy (non-hydrogen) atoms. The van der Waals surface area contributed by atoms with E-state index in [0.717, 1.165) is 27.8 Å². The maximum Gasteiger partial charge on any atom is 0.260 e. The molecule has 4 rings (SSSR count). The van der Waals surface area contributed by atoms with Crippen molar-refractivity contribution in [2.75, 3.05) is 5.32 Å². The number of hydrogen-bond donors (Lipinski definition) is 2. The van der Waals surface area contributed by atoms with Gasteiger partial charge in [-0.15, -0.1) is 0 Å². The summed E-state index contributed by atoms with van der Waals surface area (Å²) in [7, 11) is 0. The largest absolute Gasteiger partial charge is 0.436 e. The first-order valence-electron chi connectivity index (χ1n) is 9.26. The van der Waals surface area contributed by atoms with Gasteiger partial charge in [-0.05, 0) is 85.7 Å². The van der Waals surface area contributed by atoms with Gasteiger partial charge in [0.1, 0.15) is 11.3 Å². The summed E-state index contributed by atoms with van der Waals surface area (Å²) in [5.74, 6) is -0.692. The van der Waals surface area contributed by atoms with Crippen molar-refractivity contribution in [3.63, 3.8) is 0 Å². The molecule has 0 radical (unpaired) electrons. The van der Waals surface area contributed by atoms with Crippen molar-refractivity contribution < 1.29 is 13.6 Å². The number of halogens is 1. The Hall–Kier alpha value is -3.58. The molecule has 2 N–H and O–H groups in total. The van der Waals surface area contributed by atoms with Gasteiger partial charge in [-0.2, -0.15) is 0 Å². The summed E-state index contributed by atoms with van der Waals surface area (Å²) in [6.45, 7) is 4.07.